The van der Waals surface area contributed by atoms with Crippen molar-refractivity contribution >= 4 is 34.2 Å². The Morgan fingerprint density at radius 2 is 2.33 bits per heavy atom. The predicted octanol–water partition coefficient (Wildman–Crippen LogP) is -2.11. The minimum atomic E-state index is -0.144. The molecule has 2 aromatic rings. The fraction of sp³-hybridized carbons (Fsp3) is 0. The van der Waals surface area contributed by atoms with Crippen LogP contribution in [-0.4, -0.2) is 9.97 Å². The predicted molar refractivity (Wildman–Crippen MR) is 45.9 cm³/mol. The van der Waals surface area contributed by atoms with Gasteiger partial charge in [-0.1, -0.05) is 0 Å². The van der Waals surface area contributed by atoms with Crippen LogP contribution >= 0.6 is 11.3 Å². The number of aromatic amines is 1. The number of fused-ring (bicyclic) bond motifs is 1. The molecule has 0 aromatic carbocycles. The fourth-order valence-electron chi connectivity index (χ4n) is 0.852. The number of aromatic nitrogens is 2. The van der Waals surface area contributed by atoms with Crippen LogP contribution in [0.4, 0.5) is 0 Å². The van der Waals surface area contributed by atoms with Gasteiger partial charge in [0, 0.05) is 0 Å². The quantitative estimate of drug-likeness (QED) is 0.315. The zero-order valence-corrected chi connectivity index (χ0v) is 11.1. The average molecular weight is 222 g/mol. The molecule has 0 spiro atoms. The minimum Gasteiger partial charge on any atom is -0.742 e. The number of hydrogen-bond acceptors (Lipinski definition) is 4. The second-order valence-corrected chi connectivity index (χ2v) is 3.31. The Morgan fingerprint density at radius 1 is 1.58 bits per heavy atom. The molecule has 0 saturated heterocycles. The molecule has 3 nitrogen and oxygen atoms in total. The van der Waals surface area contributed by atoms with E-state index in [4.69, 9.17) is 12.6 Å². The van der Waals surface area contributed by atoms with E-state index in [9.17, 15) is 4.79 Å². The number of nitrogens with zero attached hydrogens (tertiary/aromatic N) is 1. The monoisotopic (exact) mass is 222 g/mol. The van der Waals surface area contributed by atoms with Crippen molar-refractivity contribution in [1.29, 1.82) is 0 Å². The molecule has 12 heavy (non-hydrogen) atoms. The SMILES string of the molecule is O=c1[nH]c([S-])nc2ccsc12.[K+]. The molecule has 2 heterocycles. The van der Waals surface area contributed by atoms with Gasteiger partial charge in [0.25, 0.3) is 5.56 Å². The third-order valence-electron chi connectivity index (χ3n) is 1.29. The second kappa shape index (κ2) is 4.27. The van der Waals surface area contributed by atoms with Crippen LogP contribution in [-0.2, 0) is 12.6 Å². The summed E-state index contributed by atoms with van der Waals surface area (Å²) in [5.74, 6) is 0. The summed E-state index contributed by atoms with van der Waals surface area (Å²) in [5, 5.41) is 2.07. The van der Waals surface area contributed by atoms with E-state index in [2.05, 4.69) is 9.97 Å². The van der Waals surface area contributed by atoms with E-state index >= 15 is 0 Å². The molecular weight excluding hydrogens is 219 g/mol. The van der Waals surface area contributed by atoms with Crippen molar-refractivity contribution in [3.05, 3.63) is 21.8 Å². The molecule has 0 aliphatic heterocycles. The molecule has 0 saturated carbocycles. The zero-order chi connectivity index (χ0) is 7.84. The van der Waals surface area contributed by atoms with E-state index in [-0.39, 0.29) is 62.1 Å². The maximum atomic E-state index is 11.1. The normalized spacial score (nSPS) is 9.67. The number of nitrogens with one attached hydrogen (secondary N) is 1. The maximum absolute atomic E-state index is 11.1. The van der Waals surface area contributed by atoms with E-state index in [1.54, 1.807) is 6.07 Å². The van der Waals surface area contributed by atoms with Gasteiger partial charge in [-0.3, -0.25) is 9.78 Å². The van der Waals surface area contributed by atoms with Crippen molar-refractivity contribution in [3.8, 4) is 0 Å². The topological polar surface area (TPSA) is 45.8 Å². The van der Waals surface area contributed by atoms with Crippen molar-refractivity contribution < 1.29 is 51.4 Å². The smallest absolute Gasteiger partial charge is 0.742 e. The van der Waals surface area contributed by atoms with E-state index in [1.807, 2.05) is 5.38 Å². The molecule has 0 aliphatic carbocycles. The molecule has 0 bridgehead atoms. The van der Waals surface area contributed by atoms with Gasteiger partial charge in [-0.2, -0.15) is 0 Å². The number of thiophene rings is 1. The summed E-state index contributed by atoms with van der Waals surface area (Å²) in [6.07, 6.45) is 0. The first-order valence-corrected chi connectivity index (χ1v) is 4.21. The maximum Gasteiger partial charge on any atom is 1.00 e. The molecule has 2 rings (SSSR count). The van der Waals surface area contributed by atoms with Crippen molar-refractivity contribution in [2.45, 2.75) is 5.16 Å². The summed E-state index contributed by atoms with van der Waals surface area (Å²) >= 11 is 6.10. The number of rotatable bonds is 0. The molecule has 2 aromatic heterocycles. The van der Waals surface area contributed by atoms with Gasteiger partial charge < -0.3 is 17.6 Å². The van der Waals surface area contributed by atoms with Crippen LogP contribution in [0.3, 0.4) is 0 Å². The summed E-state index contributed by atoms with van der Waals surface area (Å²) in [7, 11) is 0. The van der Waals surface area contributed by atoms with Gasteiger partial charge in [-0.25, -0.2) is 0 Å². The van der Waals surface area contributed by atoms with Crippen molar-refractivity contribution in [2.75, 3.05) is 0 Å². The van der Waals surface area contributed by atoms with E-state index in [0.29, 0.717) is 10.2 Å². The van der Waals surface area contributed by atoms with E-state index in [1.165, 1.54) is 11.3 Å². The minimum absolute atomic E-state index is 0. The molecule has 1 N–H and O–H groups in total. The molecule has 6 heteroatoms. The van der Waals surface area contributed by atoms with Crippen molar-refractivity contribution in [1.82, 2.24) is 9.97 Å². The first-order valence-electron chi connectivity index (χ1n) is 2.92. The summed E-state index contributed by atoms with van der Waals surface area (Å²) < 4.78 is 0.638. The standard InChI is InChI=1S/C6H4N2OS2.K/c9-5-4-3(1-2-11-4)7-6(10)8-5;/h1-2H,(H2,7,8,9,10);/q;+1/p-1. The molecule has 0 fully saturated rings. The van der Waals surface area contributed by atoms with Gasteiger partial charge in [0.15, 0.2) is 0 Å². The van der Waals surface area contributed by atoms with Crippen molar-refractivity contribution in [2.24, 2.45) is 0 Å². The number of H-pyrrole nitrogens is 1. The van der Waals surface area contributed by atoms with E-state index < -0.39 is 0 Å². The molecular formula is C6H3KN2OS2. The second-order valence-electron chi connectivity index (χ2n) is 2.01. The summed E-state index contributed by atoms with van der Waals surface area (Å²) in [6, 6.07) is 1.78. The first kappa shape index (κ1) is 10.8. The van der Waals surface area contributed by atoms with Gasteiger partial charge >= 0.3 is 51.4 Å². The van der Waals surface area contributed by atoms with Gasteiger partial charge in [0.05, 0.1) is 5.52 Å². The van der Waals surface area contributed by atoms with E-state index in [0.717, 1.165) is 0 Å². The van der Waals surface area contributed by atoms with Gasteiger partial charge in [-0.15, -0.1) is 11.3 Å². The largest absolute Gasteiger partial charge is 1.00 e. The molecule has 0 radical (unpaired) electrons. The molecule has 0 unspecified atom stereocenters. The summed E-state index contributed by atoms with van der Waals surface area (Å²) in [6.45, 7) is 0. The van der Waals surface area contributed by atoms with Gasteiger partial charge in [0.1, 0.15) is 4.70 Å². The van der Waals surface area contributed by atoms with Crippen LogP contribution in [0, 0.1) is 0 Å². The Labute approximate surface area is 120 Å². The van der Waals surface area contributed by atoms with Gasteiger partial charge in [0.2, 0.25) is 0 Å². The van der Waals surface area contributed by atoms with Crippen LogP contribution in [0.25, 0.3) is 10.2 Å². The Kier molecular flexibility index (Phi) is 3.84. The van der Waals surface area contributed by atoms with Gasteiger partial charge in [-0.05, 0) is 16.6 Å². The Morgan fingerprint density at radius 3 is 3.08 bits per heavy atom. The average Bonchev–Trinajstić information content (AvgIpc) is 2.34. The van der Waals surface area contributed by atoms with Crippen LogP contribution in [0.1, 0.15) is 0 Å². The summed E-state index contributed by atoms with van der Waals surface area (Å²) in [5.41, 5.74) is 0.541. The zero-order valence-electron chi connectivity index (χ0n) is 6.33. The number of hydrogen-bond donors (Lipinski definition) is 1. The fourth-order valence-corrected chi connectivity index (χ4v) is 1.77. The van der Waals surface area contributed by atoms with Crippen LogP contribution < -0.4 is 56.9 Å². The molecule has 0 amide bonds. The Bertz CT molecular complexity index is 450. The molecule has 0 atom stereocenters. The molecule has 56 valence electrons. The van der Waals surface area contributed by atoms with Crippen LogP contribution in [0.15, 0.2) is 21.4 Å². The van der Waals surface area contributed by atoms with Crippen LogP contribution in [0.2, 0.25) is 0 Å². The third-order valence-corrected chi connectivity index (χ3v) is 2.39. The Balaban J connectivity index is 0.000000720. The Hall–Kier alpha value is 0.696. The summed E-state index contributed by atoms with van der Waals surface area (Å²) in [4.78, 5) is 17.5. The van der Waals surface area contributed by atoms with Crippen molar-refractivity contribution in [3.63, 3.8) is 0 Å². The molecule has 0 aliphatic rings. The third kappa shape index (κ3) is 1.95. The first-order chi connectivity index (χ1) is 5.27. The van der Waals surface area contributed by atoms with Crippen LogP contribution in [0.5, 0.6) is 0 Å².